The molecule has 0 aromatic heterocycles. The molecule has 1 fully saturated rings. The van der Waals surface area contributed by atoms with Gasteiger partial charge < -0.3 is 19.9 Å². The summed E-state index contributed by atoms with van der Waals surface area (Å²) in [6.07, 6.45) is 3.86. The molecule has 0 aliphatic heterocycles. The minimum absolute atomic E-state index is 0.0921. The van der Waals surface area contributed by atoms with Gasteiger partial charge in [0.2, 0.25) is 0 Å². The van der Waals surface area contributed by atoms with Crippen molar-refractivity contribution >= 4 is 0 Å². The minimum Gasteiger partial charge on any atom is -0.491 e. The Balaban J connectivity index is 1.76. The summed E-state index contributed by atoms with van der Waals surface area (Å²) in [5, 5.41) is 13.1. The maximum Gasteiger partial charge on any atom is 0.119 e. The number of aliphatic hydroxyl groups excluding tert-OH is 1. The lowest BCUT2D eigenvalue weighted by atomic mass is 9.93. The van der Waals surface area contributed by atoms with Gasteiger partial charge in [0.05, 0.1) is 12.7 Å². The van der Waals surface area contributed by atoms with Gasteiger partial charge in [-0.15, -0.1) is 0 Å². The van der Waals surface area contributed by atoms with E-state index in [0.717, 1.165) is 38.0 Å². The van der Waals surface area contributed by atoms with Crippen LogP contribution in [-0.2, 0) is 11.3 Å². The van der Waals surface area contributed by atoms with Gasteiger partial charge in [0.25, 0.3) is 0 Å². The Morgan fingerprint density at radius 2 is 2.00 bits per heavy atom. The third kappa shape index (κ3) is 5.12. The molecule has 4 nitrogen and oxygen atoms in total. The first-order valence-electron chi connectivity index (χ1n) is 7.40. The predicted octanol–water partition coefficient (Wildman–Crippen LogP) is 2.10. The molecule has 0 radical (unpaired) electrons. The average molecular weight is 279 g/mol. The summed E-state index contributed by atoms with van der Waals surface area (Å²) in [7, 11) is 1.67. The number of ether oxygens (including phenoxy) is 2. The number of aliphatic hydroxyl groups is 1. The second-order valence-electron chi connectivity index (χ2n) is 5.38. The maximum atomic E-state index is 9.50. The van der Waals surface area contributed by atoms with E-state index in [1.54, 1.807) is 7.11 Å². The molecule has 1 aliphatic rings. The summed E-state index contributed by atoms with van der Waals surface area (Å²) in [6.45, 7) is 2.03. The second-order valence-corrected chi connectivity index (χ2v) is 5.38. The normalized spacial score (nSPS) is 22.7. The predicted molar refractivity (Wildman–Crippen MR) is 78.9 cm³/mol. The second kappa shape index (κ2) is 8.25. The van der Waals surface area contributed by atoms with Crippen molar-refractivity contribution in [3.05, 3.63) is 29.8 Å². The molecule has 0 unspecified atom stereocenters. The van der Waals surface area contributed by atoms with E-state index in [4.69, 9.17) is 9.47 Å². The summed E-state index contributed by atoms with van der Waals surface area (Å²) in [4.78, 5) is 0. The number of rotatable bonds is 7. The van der Waals surface area contributed by atoms with Crippen molar-refractivity contribution in [1.29, 1.82) is 0 Å². The Morgan fingerprint density at radius 3 is 2.75 bits per heavy atom. The molecule has 2 rings (SSSR count). The van der Waals surface area contributed by atoms with Crippen molar-refractivity contribution in [2.24, 2.45) is 0 Å². The molecule has 4 heteroatoms. The number of nitrogens with one attached hydrogen (secondary N) is 1. The average Bonchev–Trinajstić information content (AvgIpc) is 2.47. The molecule has 0 bridgehead atoms. The summed E-state index contributed by atoms with van der Waals surface area (Å²) in [6, 6.07) is 8.69. The first kappa shape index (κ1) is 15.3. The van der Waals surface area contributed by atoms with Gasteiger partial charge in [0, 0.05) is 19.7 Å². The Bertz CT molecular complexity index is 389. The van der Waals surface area contributed by atoms with Gasteiger partial charge in [-0.2, -0.15) is 0 Å². The molecule has 1 saturated carbocycles. The lowest BCUT2D eigenvalue weighted by molar-refractivity contribution is 0.116. The molecule has 112 valence electrons. The molecule has 1 aromatic carbocycles. The van der Waals surface area contributed by atoms with Crippen LogP contribution in [0.2, 0.25) is 0 Å². The van der Waals surface area contributed by atoms with Gasteiger partial charge in [-0.1, -0.05) is 12.1 Å². The molecule has 0 amide bonds. The van der Waals surface area contributed by atoms with Crippen LogP contribution in [0.1, 0.15) is 31.2 Å². The van der Waals surface area contributed by atoms with Gasteiger partial charge in [0.1, 0.15) is 12.4 Å². The van der Waals surface area contributed by atoms with Crippen LogP contribution in [0.4, 0.5) is 0 Å². The topological polar surface area (TPSA) is 50.7 Å². The lowest BCUT2D eigenvalue weighted by Crippen LogP contribution is -2.34. The Hall–Kier alpha value is -1.10. The number of methoxy groups -OCH3 is 1. The molecule has 2 N–H and O–H groups in total. The fourth-order valence-corrected chi connectivity index (χ4v) is 2.53. The molecule has 0 spiro atoms. The highest BCUT2D eigenvalue weighted by atomic mass is 16.5. The van der Waals surface area contributed by atoms with Crippen LogP contribution in [0.5, 0.6) is 5.75 Å². The first-order chi connectivity index (χ1) is 9.78. The van der Waals surface area contributed by atoms with Crippen LogP contribution in [-0.4, -0.2) is 37.6 Å². The monoisotopic (exact) mass is 279 g/mol. The largest absolute Gasteiger partial charge is 0.491 e. The van der Waals surface area contributed by atoms with Crippen molar-refractivity contribution in [1.82, 2.24) is 5.32 Å². The standard InChI is InChI=1S/C16H25NO3/c1-19-9-10-20-16-4-2-3-13(11-16)12-17-14-5-7-15(18)8-6-14/h2-4,11,14-15,17-18H,5-10,12H2,1H3. The zero-order valence-electron chi connectivity index (χ0n) is 12.2. The minimum atomic E-state index is -0.0921. The van der Waals surface area contributed by atoms with Crippen molar-refractivity contribution in [2.75, 3.05) is 20.3 Å². The zero-order chi connectivity index (χ0) is 14.2. The van der Waals surface area contributed by atoms with Crippen LogP contribution in [0.15, 0.2) is 24.3 Å². The quantitative estimate of drug-likeness (QED) is 0.751. The fourth-order valence-electron chi connectivity index (χ4n) is 2.53. The van der Waals surface area contributed by atoms with E-state index in [2.05, 4.69) is 17.4 Å². The van der Waals surface area contributed by atoms with E-state index >= 15 is 0 Å². The molecule has 0 atom stereocenters. The van der Waals surface area contributed by atoms with E-state index in [0.29, 0.717) is 19.3 Å². The van der Waals surface area contributed by atoms with Crippen molar-refractivity contribution in [3.63, 3.8) is 0 Å². The van der Waals surface area contributed by atoms with Gasteiger partial charge in [-0.05, 0) is 43.4 Å². The third-order valence-electron chi connectivity index (χ3n) is 3.75. The van der Waals surface area contributed by atoms with Gasteiger partial charge in [-0.3, -0.25) is 0 Å². The third-order valence-corrected chi connectivity index (χ3v) is 3.75. The molecule has 0 heterocycles. The summed E-state index contributed by atoms with van der Waals surface area (Å²) in [5.41, 5.74) is 1.23. The highest BCUT2D eigenvalue weighted by Crippen LogP contribution is 2.19. The maximum absolute atomic E-state index is 9.50. The lowest BCUT2D eigenvalue weighted by Gasteiger charge is -2.26. The Kier molecular flexibility index (Phi) is 6.30. The van der Waals surface area contributed by atoms with Crippen LogP contribution in [0.25, 0.3) is 0 Å². The number of hydrogen-bond donors (Lipinski definition) is 2. The molecule has 1 aliphatic carbocycles. The fraction of sp³-hybridized carbons (Fsp3) is 0.625. The van der Waals surface area contributed by atoms with Gasteiger partial charge >= 0.3 is 0 Å². The summed E-state index contributed by atoms with van der Waals surface area (Å²) >= 11 is 0. The zero-order valence-corrected chi connectivity index (χ0v) is 12.2. The van der Waals surface area contributed by atoms with E-state index in [1.165, 1.54) is 5.56 Å². The highest BCUT2D eigenvalue weighted by Gasteiger charge is 2.18. The van der Waals surface area contributed by atoms with E-state index in [1.807, 2.05) is 12.1 Å². The van der Waals surface area contributed by atoms with E-state index < -0.39 is 0 Å². The van der Waals surface area contributed by atoms with Crippen LogP contribution in [0.3, 0.4) is 0 Å². The van der Waals surface area contributed by atoms with Crippen molar-refractivity contribution in [2.45, 2.75) is 44.4 Å². The van der Waals surface area contributed by atoms with Crippen molar-refractivity contribution < 1.29 is 14.6 Å². The highest BCUT2D eigenvalue weighted by molar-refractivity contribution is 5.28. The molecule has 1 aromatic rings. The van der Waals surface area contributed by atoms with Crippen molar-refractivity contribution in [3.8, 4) is 5.75 Å². The van der Waals surface area contributed by atoms with Crippen LogP contribution < -0.4 is 10.1 Å². The van der Waals surface area contributed by atoms with E-state index in [-0.39, 0.29) is 6.10 Å². The smallest absolute Gasteiger partial charge is 0.119 e. The van der Waals surface area contributed by atoms with E-state index in [9.17, 15) is 5.11 Å². The van der Waals surface area contributed by atoms with Crippen LogP contribution in [0, 0.1) is 0 Å². The summed E-state index contributed by atoms with van der Waals surface area (Å²) in [5.74, 6) is 0.889. The Labute approximate surface area is 121 Å². The first-order valence-corrected chi connectivity index (χ1v) is 7.40. The molecule has 0 saturated heterocycles. The Morgan fingerprint density at radius 1 is 1.20 bits per heavy atom. The molecule has 20 heavy (non-hydrogen) atoms. The summed E-state index contributed by atoms with van der Waals surface area (Å²) < 4.78 is 10.6. The van der Waals surface area contributed by atoms with Gasteiger partial charge in [-0.25, -0.2) is 0 Å². The molecular formula is C16H25NO3. The number of hydrogen-bond acceptors (Lipinski definition) is 4. The van der Waals surface area contributed by atoms with Gasteiger partial charge in [0.15, 0.2) is 0 Å². The SMILES string of the molecule is COCCOc1cccc(CNC2CCC(O)CC2)c1. The van der Waals surface area contributed by atoms with Crippen LogP contribution >= 0.6 is 0 Å². The number of benzene rings is 1. The molecular weight excluding hydrogens is 254 g/mol.